The van der Waals surface area contributed by atoms with Crippen molar-refractivity contribution in [2.24, 2.45) is 16.7 Å². The number of para-hydroxylation sites is 1. The van der Waals surface area contributed by atoms with E-state index in [1.54, 1.807) is 24.3 Å². The van der Waals surface area contributed by atoms with Gasteiger partial charge >= 0.3 is 0 Å². The number of ketones is 1. The van der Waals surface area contributed by atoms with Crippen LogP contribution < -0.4 is 5.32 Å². The first-order chi connectivity index (χ1) is 10.2. The molecule has 0 aliphatic heterocycles. The van der Waals surface area contributed by atoms with E-state index < -0.39 is 26.3 Å². The number of Topliss-reactive ketones (excluding diaryl/α,β-unsaturated/α-hetero) is 1. The monoisotopic (exact) mass is 323 g/mol. The van der Waals surface area contributed by atoms with Crippen LogP contribution in [0.25, 0.3) is 0 Å². The summed E-state index contributed by atoms with van der Waals surface area (Å²) in [5, 5.41) is 1.60. The largest absolute Gasteiger partial charge is 0.366 e. The molecule has 1 aromatic carbocycles. The lowest BCUT2D eigenvalue weighted by atomic mass is 9.68. The van der Waals surface area contributed by atoms with Crippen molar-refractivity contribution in [1.82, 2.24) is 0 Å². The van der Waals surface area contributed by atoms with Crippen LogP contribution in [0.15, 0.2) is 30.3 Å². The molecule has 2 saturated carbocycles. The Hall–Kier alpha value is -1.40. The molecule has 120 valence electrons. The zero-order valence-electron chi connectivity index (χ0n) is 12.7. The molecule has 1 aromatic rings. The summed E-state index contributed by atoms with van der Waals surface area (Å²) in [7, 11) is -4.43. The zero-order chi connectivity index (χ0) is 16.2. The molecule has 0 amide bonds. The Morgan fingerprint density at radius 3 is 2.36 bits per heavy atom. The van der Waals surface area contributed by atoms with Crippen LogP contribution >= 0.6 is 0 Å². The minimum absolute atomic E-state index is 0.0557. The van der Waals surface area contributed by atoms with Gasteiger partial charge in [0.15, 0.2) is 5.37 Å². The first-order valence-corrected chi connectivity index (χ1v) is 9.01. The second-order valence-corrected chi connectivity index (χ2v) is 8.46. The highest BCUT2D eigenvalue weighted by Crippen LogP contribution is 2.66. The highest BCUT2D eigenvalue weighted by atomic mass is 32.2. The number of carbonyl (C=O) groups is 1. The molecule has 0 aromatic heterocycles. The summed E-state index contributed by atoms with van der Waals surface area (Å²) >= 11 is 0. The number of hydrogen-bond acceptors (Lipinski definition) is 4. The van der Waals surface area contributed by atoms with Crippen LogP contribution in [-0.4, -0.2) is 24.1 Å². The molecular weight excluding hydrogens is 302 g/mol. The lowest BCUT2D eigenvalue weighted by molar-refractivity contribution is -0.129. The molecule has 3 rings (SSSR count). The number of rotatable bonds is 4. The maximum absolute atomic E-state index is 12.6. The minimum Gasteiger partial charge on any atom is -0.366 e. The van der Waals surface area contributed by atoms with Crippen LogP contribution in [0.5, 0.6) is 0 Å². The standard InChI is InChI=1S/C16H21NO4S/c1-15(2)11-8-9-16(15,13(18)10-11)14(22(19,20)21)17-12-6-4-3-5-7-12/h3-7,11,14,17H,8-10H2,1-2H3,(H,19,20,21). The van der Waals surface area contributed by atoms with Crippen molar-refractivity contribution in [3.05, 3.63) is 30.3 Å². The van der Waals surface area contributed by atoms with Crippen molar-refractivity contribution >= 4 is 21.6 Å². The lowest BCUT2D eigenvalue weighted by Gasteiger charge is -2.41. The Kier molecular flexibility index (Phi) is 3.38. The topological polar surface area (TPSA) is 83.5 Å². The highest BCUT2D eigenvalue weighted by molar-refractivity contribution is 7.86. The molecule has 2 N–H and O–H groups in total. The van der Waals surface area contributed by atoms with Crippen molar-refractivity contribution in [2.75, 3.05) is 5.32 Å². The third-order valence-corrected chi connectivity index (χ3v) is 6.92. The molecule has 2 bridgehead atoms. The average molecular weight is 323 g/mol. The van der Waals surface area contributed by atoms with E-state index in [9.17, 15) is 17.8 Å². The van der Waals surface area contributed by atoms with E-state index in [1.807, 2.05) is 19.9 Å². The summed E-state index contributed by atoms with van der Waals surface area (Å²) in [6, 6.07) is 8.84. The Morgan fingerprint density at radius 1 is 1.27 bits per heavy atom. The van der Waals surface area contributed by atoms with Gasteiger partial charge in [0, 0.05) is 12.1 Å². The predicted molar refractivity (Wildman–Crippen MR) is 84.0 cm³/mol. The molecule has 3 atom stereocenters. The Balaban J connectivity index is 2.09. The van der Waals surface area contributed by atoms with Gasteiger partial charge in [-0.1, -0.05) is 32.0 Å². The van der Waals surface area contributed by atoms with Gasteiger partial charge in [-0.3, -0.25) is 9.35 Å². The van der Waals surface area contributed by atoms with Crippen LogP contribution in [0.4, 0.5) is 5.69 Å². The molecule has 2 aliphatic carbocycles. The number of nitrogens with one attached hydrogen (secondary N) is 1. The number of fused-ring (bicyclic) bond motifs is 2. The van der Waals surface area contributed by atoms with E-state index in [4.69, 9.17) is 0 Å². The van der Waals surface area contributed by atoms with E-state index in [1.165, 1.54) is 0 Å². The summed E-state index contributed by atoms with van der Waals surface area (Å²) in [5.74, 6) is 0.127. The van der Waals surface area contributed by atoms with E-state index in [2.05, 4.69) is 5.32 Å². The molecule has 5 nitrogen and oxygen atoms in total. The van der Waals surface area contributed by atoms with Crippen LogP contribution in [-0.2, 0) is 14.9 Å². The quantitative estimate of drug-likeness (QED) is 0.832. The molecule has 0 saturated heterocycles. The second kappa shape index (κ2) is 4.80. The molecule has 3 unspecified atom stereocenters. The van der Waals surface area contributed by atoms with Gasteiger partial charge in [0.1, 0.15) is 5.78 Å². The fraction of sp³-hybridized carbons (Fsp3) is 0.562. The number of hydrogen-bond donors (Lipinski definition) is 2. The predicted octanol–water partition coefficient (Wildman–Crippen LogP) is 2.71. The van der Waals surface area contributed by atoms with Crippen molar-refractivity contribution in [3.8, 4) is 0 Å². The first-order valence-electron chi connectivity index (χ1n) is 7.51. The molecule has 0 spiro atoms. The van der Waals surface area contributed by atoms with Crippen molar-refractivity contribution < 1.29 is 17.8 Å². The third-order valence-electron chi connectivity index (χ3n) is 5.80. The average Bonchev–Trinajstić information content (AvgIpc) is 2.79. The fourth-order valence-electron chi connectivity index (χ4n) is 4.46. The summed E-state index contributed by atoms with van der Waals surface area (Å²) in [6.45, 7) is 3.89. The maximum atomic E-state index is 12.6. The van der Waals surface area contributed by atoms with Crippen LogP contribution in [0.2, 0.25) is 0 Å². The Morgan fingerprint density at radius 2 is 1.91 bits per heavy atom. The number of carbonyl (C=O) groups excluding carboxylic acids is 1. The minimum atomic E-state index is -4.43. The summed E-state index contributed by atoms with van der Waals surface area (Å²) in [4.78, 5) is 12.6. The summed E-state index contributed by atoms with van der Waals surface area (Å²) < 4.78 is 34.0. The van der Waals surface area contributed by atoms with E-state index in [0.717, 1.165) is 6.42 Å². The molecule has 22 heavy (non-hydrogen) atoms. The first kappa shape index (κ1) is 15.5. The molecule has 6 heteroatoms. The van der Waals surface area contributed by atoms with Gasteiger partial charge in [-0.15, -0.1) is 0 Å². The van der Waals surface area contributed by atoms with Crippen molar-refractivity contribution in [2.45, 2.75) is 38.5 Å². The van der Waals surface area contributed by atoms with Gasteiger partial charge in [-0.05, 0) is 36.3 Å². The molecular formula is C16H21NO4S. The molecule has 0 heterocycles. The van der Waals surface area contributed by atoms with E-state index >= 15 is 0 Å². The fourth-order valence-corrected chi connectivity index (χ4v) is 5.81. The van der Waals surface area contributed by atoms with Gasteiger partial charge in [0.25, 0.3) is 10.1 Å². The Labute approximate surface area is 130 Å². The normalized spacial score (nSPS) is 31.2. The van der Waals surface area contributed by atoms with E-state index in [-0.39, 0.29) is 11.7 Å². The van der Waals surface area contributed by atoms with Gasteiger partial charge in [-0.25, -0.2) is 0 Å². The van der Waals surface area contributed by atoms with Crippen LogP contribution in [0.3, 0.4) is 0 Å². The molecule has 0 radical (unpaired) electrons. The highest BCUT2D eigenvalue weighted by Gasteiger charge is 2.69. The molecule has 2 aliphatic rings. The SMILES string of the molecule is CC1(C)C2CCC1(C(Nc1ccccc1)S(=O)(=O)O)C(=O)C2. The van der Waals surface area contributed by atoms with Crippen LogP contribution in [0.1, 0.15) is 33.1 Å². The third kappa shape index (κ3) is 2.01. The van der Waals surface area contributed by atoms with Gasteiger partial charge in [0.2, 0.25) is 0 Å². The molecule has 2 fully saturated rings. The van der Waals surface area contributed by atoms with Crippen molar-refractivity contribution in [3.63, 3.8) is 0 Å². The lowest BCUT2D eigenvalue weighted by Crippen LogP contribution is -2.53. The number of benzene rings is 1. The summed E-state index contributed by atoms with van der Waals surface area (Å²) in [5.41, 5.74) is -0.939. The second-order valence-electron chi connectivity index (χ2n) is 6.96. The van der Waals surface area contributed by atoms with Gasteiger partial charge < -0.3 is 5.32 Å². The smallest absolute Gasteiger partial charge is 0.287 e. The summed E-state index contributed by atoms with van der Waals surface area (Å²) in [6.07, 6.45) is 1.71. The number of anilines is 1. The van der Waals surface area contributed by atoms with Gasteiger partial charge in [0.05, 0.1) is 5.41 Å². The maximum Gasteiger partial charge on any atom is 0.287 e. The van der Waals surface area contributed by atoms with Crippen molar-refractivity contribution in [1.29, 1.82) is 0 Å². The van der Waals surface area contributed by atoms with Gasteiger partial charge in [-0.2, -0.15) is 8.42 Å². The van der Waals surface area contributed by atoms with Crippen LogP contribution in [0, 0.1) is 16.7 Å². The zero-order valence-corrected chi connectivity index (χ0v) is 13.6. The van der Waals surface area contributed by atoms with E-state index in [0.29, 0.717) is 18.5 Å². The Bertz CT molecular complexity index is 698.